The zero-order valence-corrected chi connectivity index (χ0v) is 12.2. The molecule has 1 aliphatic carbocycles. The van der Waals surface area contributed by atoms with Crippen LogP contribution in [-0.2, 0) is 6.42 Å². The van der Waals surface area contributed by atoms with E-state index in [2.05, 4.69) is 17.6 Å². The molecule has 18 heavy (non-hydrogen) atoms. The third-order valence-electron chi connectivity index (χ3n) is 3.18. The first-order chi connectivity index (χ1) is 8.65. The molecular formula is C14H20Cl2N2. The van der Waals surface area contributed by atoms with Crippen LogP contribution in [0.25, 0.3) is 0 Å². The number of nitrogens with one attached hydrogen (secondary N) is 2. The minimum atomic E-state index is 0.508. The molecule has 1 aliphatic rings. The molecule has 1 atom stereocenters. The summed E-state index contributed by atoms with van der Waals surface area (Å²) in [5.41, 5.74) is 1.22. The molecule has 4 heteroatoms. The number of rotatable bonds is 7. The Morgan fingerprint density at radius 1 is 1.28 bits per heavy atom. The van der Waals surface area contributed by atoms with Crippen LogP contribution in [0, 0.1) is 0 Å². The molecule has 0 spiro atoms. The highest BCUT2D eigenvalue weighted by Gasteiger charge is 2.20. The van der Waals surface area contributed by atoms with E-state index < -0.39 is 0 Å². The first-order valence-electron chi connectivity index (χ1n) is 6.56. The Balaban J connectivity index is 1.65. The summed E-state index contributed by atoms with van der Waals surface area (Å²) in [5, 5.41) is 8.29. The van der Waals surface area contributed by atoms with Crippen LogP contribution in [0.2, 0.25) is 10.0 Å². The van der Waals surface area contributed by atoms with Gasteiger partial charge < -0.3 is 10.6 Å². The van der Waals surface area contributed by atoms with E-state index in [4.69, 9.17) is 23.2 Å². The first-order valence-corrected chi connectivity index (χ1v) is 7.31. The maximum atomic E-state index is 5.98. The van der Waals surface area contributed by atoms with Crippen molar-refractivity contribution in [1.29, 1.82) is 0 Å². The van der Waals surface area contributed by atoms with E-state index in [1.165, 1.54) is 18.4 Å². The molecule has 1 unspecified atom stereocenters. The van der Waals surface area contributed by atoms with Crippen molar-refractivity contribution in [3.63, 3.8) is 0 Å². The van der Waals surface area contributed by atoms with Crippen LogP contribution < -0.4 is 10.6 Å². The molecule has 0 saturated heterocycles. The summed E-state index contributed by atoms with van der Waals surface area (Å²) in [6.45, 7) is 4.22. The molecular weight excluding hydrogens is 267 g/mol. The standard InChI is InChI=1S/C14H20Cl2N2/c1-10(9-18-12-3-4-12)17-7-6-11-2-5-13(15)14(16)8-11/h2,5,8,10,12,17-18H,3-4,6-7,9H2,1H3. The quantitative estimate of drug-likeness (QED) is 0.804. The van der Waals surface area contributed by atoms with Crippen molar-refractivity contribution in [3.8, 4) is 0 Å². The average molecular weight is 287 g/mol. The van der Waals surface area contributed by atoms with Crippen LogP contribution in [0.1, 0.15) is 25.3 Å². The lowest BCUT2D eigenvalue weighted by atomic mass is 10.1. The SMILES string of the molecule is CC(CNC1CC1)NCCc1ccc(Cl)c(Cl)c1. The van der Waals surface area contributed by atoms with Gasteiger partial charge >= 0.3 is 0 Å². The van der Waals surface area contributed by atoms with Crippen molar-refractivity contribution in [2.45, 2.75) is 38.3 Å². The van der Waals surface area contributed by atoms with Gasteiger partial charge in [0.1, 0.15) is 0 Å². The fraction of sp³-hybridized carbons (Fsp3) is 0.571. The van der Waals surface area contributed by atoms with Gasteiger partial charge in [-0.2, -0.15) is 0 Å². The maximum Gasteiger partial charge on any atom is 0.0595 e. The summed E-state index contributed by atoms with van der Waals surface area (Å²) in [6.07, 6.45) is 3.66. The normalized spacial score (nSPS) is 16.8. The second-order valence-electron chi connectivity index (χ2n) is 5.04. The molecule has 0 radical (unpaired) electrons. The highest BCUT2D eigenvalue weighted by Crippen LogP contribution is 2.22. The van der Waals surface area contributed by atoms with E-state index in [0.29, 0.717) is 16.1 Å². The van der Waals surface area contributed by atoms with Crippen molar-refractivity contribution < 1.29 is 0 Å². The van der Waals surface area contributed by atoms with Gasteiger partial charge in [0, 0.05) is 18.6 Å². The van der Waals surface area contributed by atoms with Gasteiger partial charge in [-0.1, -0.05) is 29.3 Å². The van der Waals surface area contributed by atoms with Gasteiger partial charge in [-0.3, -0.25) is 0 Å². The van der Waals surface area contributed by atoms with E-state index in [1.807, 2.05) is 18.2 Å². The van der Waals surface area contributed by atoms with Gasteiger partial charge in [-0.25, -0.2) is 0 Å². The van der Waals surface area contributed by atoms with E-state index in [0.717, 1.165) is 25.6 Å². The third-order valence-corrected chi connectivity index (χ3v) is 3.92. The van der Waals surface area contributed by atoms with E-state index in [-0.39, 0.29) is 0 Å². The Morgan fingerprint density at radius 3 is 2.72 bits per heavy atom. The molecule has 0 bridgehead atoms. The third kappa shape index (κ3) is 4.77. The van der Waals surface area contributed by atoms with Crippen molar-refractivity contribution in [2.24, 2.45) is 0 Å². The Hall–Kier alpha value is -0.280. The Labute approximate surface area is 119 Å². The largest absolute Gasteiger partial charge is 0.313 e. The fourth-order valence-electron chi connectivity index (χ4n) is 1.86. The van der Waals surface area contributed by atoms with Crippen LogP contribution >= 0.6 is 23.2 Å². The predicted molar refractivity (Wildman–Crippen MR) is 78.7 cm³/mol. The van der Waals surface area contributed by atoms with Gasteiger partial charge in [0.25, 0.3) is 0 Å². The summed E-state index contributed by atoms with van der Waals surface area (Å²) in [4.78, 5) is 0. The second kappa shape index (κ2) is 6.76. The average Bonchev–Trinajstić information content (AvgIpc) is 3.15. The van der Waals surface area contributed by atoms with Crippen LogP contribution in [0.4, 0.5) is 0 Å². The molecule has 0 aliphatic heterocycles. The van der Waals surface area contributed by atoms with Gasteiger partial charge in [0.15, 0.2) is 0 Å². The molecule has 2 N–H and O–H groups in total. The summed E-state index contributed by atoms with van der Waals surface area (Å²) in [7, 11) is 0. The van der Waals surface area contributed by atoms with Gasteiger partial charge in [0.05, 0.1) is 10.0 Å². The molecule has 1 fully saturated rings. The number of halogens is 2. The lowest BCUT2D eigenvalue weighted by Gasteiger charge is -2.14. The number of benzene rings is 1. The molecule has 0 heterocycles. The summed E-state index contributed by atoms with van der Waals surface area (Å²) in [5.74, 6) is 0. The summed E-state index contributed by atoms with van der Waals surface area (Å²) < 4.78 is 0. The zero-order valence-electron chi connectivity index (χ0n) is 10.7. The minimum absolute atomic E-state index is 0.508. The first kappa shape index (κ1) is 14.1. The summed E-state index contributed by atoms with van der Waals surface area (Å²) >= 11 is 11.9. The van der Waals surface area contributed by atoms with E-state index in [1.54, 1.807) is 0 Å². The summed E-state index contributed by atoms with van der Waals surface area (Å²) in [6, 6.07) is 7.12. The Kier molecular flexibility index (Phi) is 5.31. The second-order valence-corrected chi connectivity index (χ2v) is 5.85. The van der Waals surface area contributed by atoms with Crippen LogP contribution in [0.3, 0.4) is 0 Å². The molecule has 2 nitrogen and oxygen atoms in total. The lowest BCUT2D eigenvalue weighted by Crippen LogP contribution is -2.38. The van der Waals surface area contributed by atoms with Crippen LogP contribution in [0.15, 0.2) is 18.2 Å². The molecule has 0 amide bonds. The van der Waals surface area contributed by atoms with Crippen molar-refractivity contribution in [1.82, 2.24) is 10.6 Å². The van der Waals surface area contributed by atoms with Crippen LogP contribution in [0.5, 0.6) is 0 Å². The van der Waals surface area contributed by atoms with E-state index >= 15 is 0 Å². The number of hydrogen-bond donors (Lipinski definition) is 2. The van der Waals surface area contributed by atoms with Crippen LogP contribution in [-0.4, -0.2) is 25.2 Å². The van der Waals surface area contributed by atoms with Gasteiger partial charge in [-0.05, 0) is 50.4 Å². The molecule has 2 rings (SSSR count). The monoisotopic (exact) mass is 286 g/mol. The molecule has 0 aromatic heterocycles. The minimum Gasteiger partial charge on any atom is -0.313 e. The molecule has 1 saturated carbocycles. The molecule has 1 aromatic rings. The maximum absolute atomic E-state index is 5.98. The number of hydrogen-bond acceptors (Lipinski definition) is 2. The van der Waals surface area contributed by atoms with Crippen molar-refractivity contribution >= 4 is 23.2 Å². The fourth-order valence-corrected chi connectivity index (χ4v) is 2.18. The van der Waals surface area contributed by atoms with Crippen molar-refractivity contribution in [3.05, 3.63) is 33.8 Å². The Bertz CT molecular complexity index is 391. The highest BCUT2D eigenvalue weighted by molar-refractivity contribution is 6.42. The molecule has 1 aromatic carbocycles. The topological polar surface area (TPSA) is 24.1 Å². The van der Waals surface area contributed by atoms with Crippen molar-refractivity contribution in [2.75, 3.05) is 13.1 Å². The van der Waals surface area contributed by atoms with Gasteiger partial charge in [0.2, 0.25) is 0 Å². The highest BCUT2D eigenvalue weighted by atomic mass is 35.5. The lowest BCUT2D eigenvalue weighted by molar-refractivity contribution is 0.503. The predicted octanol–water partition coefficient (Wildman–Crippen LogP) is 3.27. The Morgan fingerprint density at radius 2 is 2.06 bits per heavy atom. The van der Waals surface area contributed by atoms with Gasteiger partial charge in [-0.15, -0.1) is 0 Å². The zero-order chi connectivity index (χ0) is 13.0. The van der Waals surface area contributed by atoms with E-state index in [9.17, 15) is 0 Å². The molecule has 100 valence electrons. The smallest absolute Gasteiger partial charge is 0.0595 e.